The highest BCUT2D eigenvalue weighted by Gasteiger charge is 2.47. The van der Waals surface area contributed by atoms with Crippen LogP contribution in [0.3, 0.4) is 0 Å². The van der Waals surface area contributed by atoms with Crippen LogP contribution < -0.4 is 4.74 Å². The van der Waals surface area contributed by atoms with Gasteiger partial charge in [-0.3, -0.25) is 14.5 Å². The molecule has 0 spiro atoms. The van der Waals surface area contributed by atoms with Crippen LogP contribution in [-0.2, 0) is 20.9 Å². The number of aliphatic hydroxyl groups is 1. The van der Waals surface area contributed by atoms with E-state index in [1.165, 1.54) is 11.2 Å². The van der Waals surface area contributed by atoms with Gasteiger partial charge in [0, 0.05) is 31.7 Å². The molecule has 2 saturated heterocycles. The molecule has 1 atom stereocenters. The van der Waals surface area contributed by atoms with Gasteiger partial charge in [0.15, 0.2) is 0 Å². The molecule has 8 heteroatoms. The van der Waals surface area contributed by atoms with Gasteiger partial charge in [0.1, 0.15) is 29.9 Å². The van der Waals surface area contributed by atoms with Crippen LogP contribution in [0.25, 0.3) is 5.76 Å². The smallest absolute Gasteiger partial charge is 0.295 e. The molecule has 0 bridgehead atoms. The van der Waals surface area contributed by atoms with E-state index in [1.54, 1.807) is 36.4 Å². The van der Waals surface area contributed by atoms with Gasteiger partial charge in [-0.15, -0.1) is 0 Å². The molecule has 38 heavy (non-hydrogen) atoms. The van der Waals surface area contributed by atoms with E-state index in [1.807, 2.05) is 25.1 Å². The fourth-order valence-electron chi connectivity index (χ4n) is 4.98. The van der Waals surface area contributed by atoms with Gasteiger partial charge in [-0.2, -0.15) is 0 Å². The third kappa shape index (κ3) is 5.66. The molecule has 0 aliphatic carbocycles. The van der Waals surface area contributed by atoms with E-state index >= 15 is 0 Å². The van der Waals surface area contributed by atoms with E-state index in [0.29, 0.717) is 49.9 Å². The Balaban J connectivity index is 1.34. The molecule has 2 aromatic carbocycles. The summed E-state index contributed by atoms with van der Waals surface area (Å²) in [5, 5.41) is 11.2. The number of benzene rings is 2. The Kier molecular flexibility index (Phi) is 7.91. The molecule has 198 valence electrons. The van der Waals surface area contributed by atoms with Crippen molar-refractivity contribution in [2.75, 3.05) is 39.4 Å². The Morgan fingerprint density at radius 3 is 2.53 bits per heavy atom. The van der Waals surface area contributed by atoms with E-state index < -0.39 is 17.7 Å². The molecule has 8 nitrogen and oxygen atoms in total. The minimum atomic E-state index is -0.785. The lowest BCUT2D eigenvalue weighted by molar-refractivity contribution is -0.140. The molecule has 0 saturated carbocycles. The number of Topliss-reactive ketones (excluding diaryl/α,β-unsaturated/α-hetero) is 1. The first-order valence-corrected chi connectivity index (χ1v) is 12.9. The Morgan fingerprint density at radius 1 is 1.03 bits per heavy atom. The molecule has 1 amide bonds. The van der Waals surface area contributed by atoms with E-state index in [9.17, 15) is 14.7 Å². The molecule has 2 aliphatic heterocycles. The van der Waals surface area contributed by atoms with E-state index in [2.05, 4.69) is 11.0 Å². The Bertz CT molecular complexity index is 1290. The SMILES string of the molecule is Cc1cccc(COc2ccc(C(O)=C3C(=O)C(=O)N(CCCN4CCOCC4)C3c3ccco3)cc2)c1. The number of aryl methyl sites for hydroxylation is 1. The minimum absolute atomic E-state index is 0.0322. The zero-order chi connectivity index (χ0) is 26.5. The highest BCUT2D eigenvalue weighted by molar-refractivity contribution is 6.46. The summed E-state index contributed by atoms with van der Waals surface area (Å²) in [6.07, 6.45) is 2.20. The summed E-state index contributed by atoms with van der Waals surface area (Å²) < 4.78 is 16.9. The van der Waals surface area contributed by atoms with Crippen molar-refractivity contribution in [2.45, 2.75) is 26.0 Å². The number of rotatable bonds is 9. The topological polar surface area (TPSA) is 92.5 Å². The average molecular weight is 517 g/mol. The van der Waals surface area contributed by atoms with Crippen molar-refractivity contribution in [3.63, 3.8) is 0 Å². The second kappa shape index (κ2) is 11.7. The lowest BCUT2D eigenvalue weighted by Crippen LogP contribution is -2.38. The van der Waals surface area contributed by atoms with Crippen LogP contribution in [0.15, 0.2) is 76.9 Å². The summed E-state index contributed by atoms with van der Waals surface area (Å²) in [7, 11) is 0. The maximum absolute atomic E-state index is 13.2. The third-order valence-electron chi connectivity index (χ3n) is 6.95. The van der Waals surface area contributed by atoms with Gasteiger partial charge in [-0.25, -0.2) is 0 Å². The predicted molar refractivity (Wildman–Crippen MR) is 142 cm³/mol. The molecule has 1 N–H and O–H groups in total. The number of ketones is 1. The highest BCUT2D eigenvalue weighted by Crippen LogP contribution is 2.39. The summed E-state index contributed by atoms with van der Waals surface area (Å²) >= 11 is 0. The lowest BCUT2D eigenvalue weighted by Gasteiger charge is -2.28. The molecule has 5 rings (SSSR count). The number of ether oxygens (including phenoxy) is 2. The number of furan rings is 1. The number of likely N-dealkylation sites (tertiary alicyclic amines) is 1. The summed E-state index contributed by atoms with van der Waals surface area (Å²) in [5.41, 5.74) is 2.68. The van der Waals surface area contributed by atoms with Gasteiger partial charge < -0.3 is 23.9 Å². The van der Waals surface area contributed by atoms with Crippen molar-refractivity contribution >= 4 is 17.4 Å². The third-order valence-corrected chi connectivity index (χ3v) is 6.95. The molecule has 2 fully saturated rings. The second-order valence-corrected chi connectivity index (χ2v) is 9.62. The molecule has 2 aliphatic rings. The van der Waals surface area contributed by atoms with Crippen LogP contribution >= 0.6 is 0 Å². The number of morpholine rings is 1. The number of nitrogens with zero attached hydrogens (tertiary/aromatic N) is 2. The van der Waals surface area contributed by atoms with Crippen molar-refractivity contribution < 1.29 is 28.6 Å². The van der Waals surface area contributed by atoms with Crippen LogP contribution in [0.5, 0.6) is 5.75 Å². The molecule has 1 aromatic heterocycles. The summed E-state index contributed by atoms with van der Waals surface area (Å²) in [6, 6.07) is 17.6. The van der Waals surface area contributed by atoms with Crippen molar-refractivity contribution in [3.05, 3.63) is 95.0 Å². The van der Waals surface area contributed by atoms with Crippen molar-refractivity contribution in [1.29, 1.82) is 0 Å². The Morgan fingerprint density at radius 2 is 1.82 bits per heavy atom. The normalized spacial score (nSPS) is 19.7. The number of hydrogen-bond donors (Lipinski definition) is 1. The number of amides is 1. The predicted octanol–water partition coefficient (Wildman–Crippen LogP) is 4.31. The van der Waals surface area contributed by atoms with Gasteiger partial charge >= 0.3 is 0 Å². The fourth-order valence-corrected chi connectivity index (χ4v) is 4.98. The van der Waals surface area contributed by atoms with Gasteiger partial charge in [-0.05, 0) is 55.3 Å². The van der Waals surface area contributed by atoms with Crippen molar-refractivity contribution in [2.24, 2.45) is 0 Å². The van der Waals surface area contributed by atoms with Gasteiger partial charge in [-0.1, -0.05) is 29.8 Å². The van der Waals surface area contributed by atoms with E-state index in [-0.39, 0.29) is 11.3 Å². The number of hydrogen-bond acceptors (Lipinski definition) is 7. The van der Waals surface area contributed by atoms with Crippen molar-refractivity contribution in [3.8, 4) is 5.75 Å². The van der Waals surface area contributed by atoms with Crippen LogP contribution in [-0.4, -0.2) is 66.0 Å². The quantitative estimate of drug-likeness (QED) is 0.257. The molecule has 3 heterocycles. The first kappa shape index (κ1) is 25.8. The summed E-state index contributed by atoms with van der Waals surface area (Å²) in [6.45, 7) is 6.72. The first-order valence-electron chi connectivity index (χ1n) is 12.9. The van der Waals surface area contributed by atoms with Gasteiger partial charge in [0.2, 0.25) is 0 Å². The maximum atomic E-state index is 13.2. The Labute approximate surface area is 222 Å². The fraction of sp³-hybridized carbons (Fsp3) is 0.333. The second-order valence-electron chi connectivity index (χ2n) is 9.62. The highest BCUT2D eigenvalue weighted by atomic mass is 16.5. The van der Waals surface area contributed by atoms with E-state index in [0.717, 1.165) is 30.8 Å². The summed E-state index contributed by atoms with van der Waals surface area (Å²) in [4.78, 5) is 30.0. The average Bonchev–Trinajstić information content (AvgIpc) is 3.55. The Hall–Kier alpha value is -3.88. The molecular formula is C30H32N2O6. The molecule has 1 unspecified atom stereocenters. The number of aliphatic hydroxyl groups excluding tert-OH is 1. The minimum Gasteiger partial charge on any atom is -0.507 e. The lowest BCUT2D eigenvalue weighted by atomic mass is 9.99. The largest absolute Gasteiger partial charge is 0.507 e. The van der Waals surface area contributed by atoms with Crippen LogP contribution in [0.1, 0.15) is 34.9 Å². The summed E-state index contributed by atoms with van der Waals surface area (Å²) in [5.74, 6) is -0.502. The molecule has 3 aromatic rings. The monoisotopic (exact) mass is 516 g/mol. The van der Waals surface area contributed by atoms with Gasteiger partial charge in [0.25, 0.3) is 11.7 Å². The molecular weight excluding hydrogens is 484 g/mol. The van der Waals surface area contributed by atoms with E-state index in [4.69, 9.17) is 13.9 Å². The standard InChI is InChI=1S/C30H32N2O6/c1-21-5-2-6-22(19-21)20-38-24-10-8-23(9-11-24)28(33)26-27(25-7-3-16-37-25)32(30(35)29(26)34)13-4-12-31-14-17-36-18-15-31/h2-3,5-11,16,19,27,33H,4,12-15,17-18,20H2,1H3. The van der Waals surface area contributed by atoms with Crippen LogP contribution in [0.4, 0.5) is 0 Å². The zero-order valence-corrected chi connectivity index (χ0v) is 21.5. The van der Waals surface area contributed by atoms with Gasteiger partial charge in [0.05, 0.1) is 25.1 Å². The zero-order valence-electron chi connectivity index (χ0n) is 21.5. The van der Waals surface area contributed by atoms with Crippen LogP contribution in [0.2, 0.25) is 0 Å². The number of carbonyl (C=O) groups is 2. The first-order chi connectivity index (χ1) is 18.5. The number of carbonyl (C=O) groups excluding carboxylic acids is 2. The van der Waals surface area contributed by atoms with Crippen LogP contribution in [0, 0.1) is 6.92 Å². The maximum Gasteiger partial charge on any atom is 0.295 e. The molecule has 0 radical (unpaired) electrons. The van der Waals surface area contributed by atoms with Crippen molar-refractivity contribution in [1.82, 2.24) is 9.80 Å².